The smallest absolute Gasteiger partial charge is 0.0482 e. The lowest BCUT2D eigenvalue weighted by molar-refractivity contribution is 0.564. The molecule has 1 unspecified atom stereocenters. The van der Waals surface area contributed by atoms with Crippen molar-refractivity contribution in [2.45, 2.75) is 33.2 Å². The Morgan fingerprint density at radius 3 is 2.33 bits per heavy atom. The first-order valence-corrected chi connectivity index (χ1v) is 5.59. The molecule has 0 aliphatic carbocycles. The summed E-state index contributed by atoms with van der Waals surface area (Å²) in [7, 11) is 0. The standard InChI is InChI=1S/C14H21N/c1-11(2)10-12(3)15-13(4)14-8-6-5-7-9-14/h5-9,11,13,15H,3,10H2,1-2,4H3. The van der Waals surface area contributed by atoms with E-state index < -0.39 is 0 Å². The third kappa shape index (κ3) is 4.20. The van der Waals surface area contributed by atoms with Crippen molar-refractivity contribution in [1.29, 1.82) is 0 Å². The second-order valence-electron chi connectivity index (χ2n) is 4.48. The summed E-state index contributed by atoms with van der Waals surface area (Å²) in [5, 5.41) is 3.43. The number of benzene rings is 1. The summed E-state index contributed by atoms with van der Waals surface area (Å²) in [6.45, 7) is 10.6. The van der Waals surface area contributed by atoms with Gasteiger partial charge in [-0.25, -0.2) is 0 Å². The van der Waals surface area contributed by atoms with Crippen LogP contribution in [0.1, 0.15) is 38.8 Å². The molecule has 82 valence electrons. The Kier molecular flexibility index (Phi) is 4.41. The molecule has 0 fully saturated rings. The van der Waals surface area contributed by atoms with E-state index in [0.29, 0.717) is 12.0 Å². The van der Waals surface area contributed by atoms with Crippen molar-refractivity contribution >= 4 is 0 Å². The molecule has 0 radical (unpaired) electrons. The minimum Gasteiger partial charge on any atom is -0.382 e. The van der Waals surface area contributed by atoms with Crippen LogP contribution in [0.5, 0.6) is 0 Å². The van der Waals surface area contributed by atoms with Crippen molar-refractivity contribution in [1.82, 2.24) is 5.32 Å². The normalized spacial score (nSPS) is 12.5. The fourth-order valence-electron chi connectivity index (χ4n) is 1.68. The molecule has 1 heteroatoms. The van der Waals surface area contributed by atoms with E-state index in [1.807, 2.05) is 6.07 Å². The van der Waals surface area contributed by atoms with Gasteiger partial charge in [0, 0.05) is 11.7 Å². The van der Waals surface area contributed by atoms with Gasteiger partial charge in [0.25, 0.3) is 0 Å². The molecule has 1 aromatic carbocycles. The van der Waals surface area contributed by atoms with E-state index in [-0.39, 0.29) is 0 Å². The van der Waals surface area contributed by atoms with Crippen LogP contribution in [0.4, 0.5) is 0 Å². The summed E-state index contributed by atoms with van der Waals surface area (Å²) in [4.78, 5) is 0. The predicted molar refractivity (Wildman–Crippen MR) is 66.6 cm³/mol. The van der Waals surface area contributed by atoms with Crippen LogP contribution in [0.3, 0.4) is 0 Å². The number of nitrogens with one attached hydrogen (secondary N) is 1. The lowest BCUT2D eigenvalue weighted by atomic mass is 10.1. The Morgan fingerprint density at radius 2 is 1.80 bits per heavy atom. The topological polar surface area (TPSA) is 12.0 Å². The van der Waals surface area contributed by atoms with Gasteiger partial charge in [0.15, 0.2) is 0 Å². The van der Waals surface area contributed by atoms with E-state index in [9.17, 15) is 0 Å². The van der Waals surface area contributed by atoms with Gasteiger partial charge >= 0.3 is 0 Å². The highest BCUT2D eigenvalue weighted by atomic mass is 14.9. The molecule has 0 amide bonds. The first kappa shape index (κ1) is 11.8. The van der Waals surface area contributed by atoms with Gasteiger partial charge in [-0.1, -0.05) is 50.8 Å². The minimum absolute atomic E-state index is 0.345. The molecule has 0 saturated heterocycles. The maximum Gasteiger partial charge on any atom is 0.0482 e. The van der Waals surface area contributed by atoms with Crippen LogP contribution < -0.4 is 5.32 Å². The van der Waals surface area contributed by atoms with E-state index in [0.717, 1.165) is 12.1 Å². The average molecular weight is 203 g/mol. The molecule has 0 heterocycles. The molecule has 1 rings (SSSR count). The first-order chi connectivity index (χ1) is 7.09. The zero-order valence-electron chi connectivity index (χ0n) is 9.96. The van der Waals surface area contributed by atoms with Crippen molar-refractivity contribution in [2.24, 2.45) is 5.92 Å². The van der Waals surface area contributed by atoms with Crippen LogP contribution in [0.15, 0.2) is 42.6 Å². The van der Waals surface area contributed by atoms with E-state index in [2.05, 4.69) is 56.9 Å². The third-order valence-corrected chi connectivity index (χ3v) is 2.37. The van der Waals surface area contributed by atoms with E-state index in [1.165, 1.54) is 5.56 Å². The second-order valence-corrected chi connectivity index (χ2v) is 4.48. The van der Waals surface area contributed by atoms with E-state index >= 15 is 0 Å². The predicted octanol–water partition coefficient (Wildman–Crippen LogP) is 3.90. The molecule has 1 N–H and O–H groups in total. The van der Waals surface area contributed by atoms with Crippen LogP contribution in [0.2, 0.25) is 0 Å². The maximum atomic E-state index is 4.05. The van der Waals surface area contributed by atoms with Crippen LogP contribution in [0.25, 0.3) is 0 Å². The molecule has 15 heavy (non-hydrogen) atoms. The largest absolute Gasteiger partial charge is 0.382 e. The lowest BCUT2D eigenvalue weighted by Gasteiger charge is -2.18. The molecule has 1 nitrogen and oxygen atoms in total. The summed E-state index contributed by atoms with van der Waals surface area (Å²) < 4.78 is 0. The van der Waals surface area contributed by atoms with Gasteiger partial charge in [-0.05, 0) is 24.8 Å². The SMILES string of the molecule is C=C(CC(C)C)NC(C)c1ccccc1. The molecule has 0 spiro atoms. The Morgan fingerprint density at radius 1 is 1.20 bits per heavy atom. The zero-order valence-corrected chi connectivity index (χ0v) is 9.96. The van der Waals surface area contributed by atoms with Crippen molar-refractivity contribution in [3.63, 3.8) is 0 Å². The average Bonchev–Trinajstić information content (AvgIpc) is 2.17. The summed E-state index contributed by atoms with van der Waals surface area (Å²) in [6, 6.07) is 10.8. The van der Waals surface area contributed by atoms with Gasteiger partial charge in [-0.2, -0.15) is 0 Å². The highest BCUT2D eigenvalue weighted by Crippen LogP contribution is 2.15. The quantitative estimate of drug-likeness (QED) is 0.765. The molecule has 0 saturated carbocycles. The number of hydrogen-bond donors (Lipinski definition) is 1. The fraction of sp³-hybridized carbons (Fsp3) is 0.429. The third-order valence-electron chi connectivity index (χ3n) is 2.37. The van der Waals surface area contributed by atoms with Gasteiger partial charge < -0.3 is 5.32 Å². The summed E-state index contributed by atoms with van der Waals surface area (Å²) in [5.74, 6) is 0.660. The van der Waals surface area contributed by atoms with Crippen LogP contribution >= 0.6 is 0 Å². The van der Waals surface area contributed by atoms with Gasteiger partial charge in [-0.15, -0.1) is 0 Å². The van der Waals surface area contributed by atoms with Crippen LogP contribution in [-0.2, 0) is 0 Å². The molecule has 1 atom stereocenters. The number of rotatable bonds is 5. The zero-order chi connectivity index (χ0) is 11.3. The van der Waals surface area contributed by atoms with Crippen molar-refractivity contribution in [3.8, 4) is 0 Å². The van der Waals surface area contributed by atoms with Gasteiger partial charge in [0.1, 0.15) is 0 Å². The van der Waals surface area contributed by atoms with Gasteiger partial charge in [0.2, 0.25) is 0 Å². The summed E-state index contributed by atoms with van der Waals surface area (Å²) >= 11 is 0. The highest BCUT2D eigenvalue weighted by Gasteiger charge is 2.05. The molecule has 1 aromatic rings. The lowest BCUT2D eigenvalue weighted by Crippen LogP contribution is -2.18. The molecule has 0 bridgehead atoms. The maximum absolute atomic E-state index is 4.05. The Labute approximate surface area is 93.2 Å². The van der Waals surface area contributed by atoms with Gasteiger partial charge in [0.05, 0.1) is 0 Å². The van der Waals surface area contributed by atoms with Crippen molar-refractivity contribution < 1.29 is 0 Å². The number of hydrogen-bond acceptors (Lipinski definition) is 1. The Hall–Kier alpha value is -1.24. The molecular formula is C14H21N. The Bertz CT molecular complexity index is 300. The van der Waals surface area contributed by atoms with E-state index in [4.69, 9.17) is 0 Å². The Balaban J connectivity index is 2.49. The molecule has 0 aliphatic rings. The summed E-state index contributed by atoms with van der Waals surface area (Å²) in [6.07, 6.45) is 1.04. The van der Waals surface area contributed by atoms with E-state index in [1.54, 1.807) is 0 Å². The molecule has 0 aliphatic heterocycles. The monoisotopic (exact) mass is 203 g/mol. The number of allylic oxidation sites excluding steroid dienone is 1. The highest BCUT2D eigenvalue weighted by molar-refractivity contribution is 5.19. The first-order valence-electron chi connectivity index (χ1n) is 5.59. The summed E-state index contributed by atoms with van der Waals surface area (Å²) in [5.41, 5.74) is 2.43. The van der Waals surface area contributed by atoms with Gasteiger partial charge in [-0.3, -0.25) is 0 Å². The minimum atomic E-state index is 0.345. The second kappa shape index (κ2) is 5.59. The molecule has 0 aromatic heterocycles. The van der Waals surface area contributed by atoms with Crippen molar-refractivity contribution in [2.75, 3.05) is 0 Å². The molecular weight excluding hydrogens is 182 g/mol. The van der Waals surface area contributed by atoms with Crippen LogP contribution in [0, 0.1) is 5.92 Å². The van der Waals surface area contributed by atoms with Crippen molar-refractivity contribution in [3.05, 3.63) is 48.2 Å². The fourth-order valence-corrected chi connectivity index (χ4v) is 1.68. The van der Waals surface area contributed by atoms with Crippen LogP contribution in [-0.4, -0.2) is 0 Å².